The highest BCUT2D eigenvalue weighted by molar-refractivity contribution is 7.07. The second-order valence-corrected chi connectivity index (χ2v) is 4.91. The molecule has 4 nitrogen and oxygen atoms in total. The van der Waals surface area contributed by atoms with Crippen LogP contribution in [0.15, 0.2) is 41.1 Å². The first kappa shape index (κ1) is 13.6. The van der Waals surface area contributed by atoms with Crippen molar-refractivity contribution >= 4 is 17.2 Å². The normalized spacial score (nSPS) is 10.3. The number of ether oxygens (including phenoxy) is 1. The van der Waals surface area contributed by atoms with E-state index in [4.69, 9.17) is 10.5 Å². The van der Waals surface area contributed by atoms with Gasteiger partial charge in [-0.1, -0.05) is 12.1 Å². The average molecular weight is 276 g/mol. The third-order valence-electron chi connectivity index (χ3n) is 2.54. The number of hydrogen-bond donors (Lipinski definition) is 2. The van der Waals surface area contributed by atoms with Gasteiger partial charge in [-0.25, -0.2) is 0 Å². The molecule has 0 aliphatic heterocycles. The van der Waals surface area contributed by atoms with Gasteiger partial charge in [-0.15, -0.1) is 0 Å². The topological polar surface area (TPSA) is 64.4 Å². The number of carbonyl (C=O) groups excluding carboxylic acids is 1. The number of carbonyl (C=O) groups is 1. The second-order valence-electron chi connectivity index (χ2n) is 4.13. The zero-order chi connectivity index (χ0) is 13.5. The highest BCUT2D eigenvalue weighted by Gasteiger charge is 1.98. The molecule has 0 radical (unpaired) electrons. The largest absolute Gasteiger partial charge is 0.484 e. The number of rotatable bonds is 7. The van der Waals surface area contributed by atoms with Crippen LogP contribution in [0.25, 0.3) is 0 Å². The molecule has 1 amide bonds. The Labute approximate surface area is 116 Å². The number of nitrogens with two attached hydrogens (primary N) is 1. The lowest BCUT2D eigenvalue weighted by atomic mass is 10.2. The summed E-state index contributed by atoms with van der Waals surface area (Å²) in [6, 6.07) is 9.72. The number of nitrogens with one attached hydrogen (secondary N) is 1. The van der Waals surface area contributed by atoms with E-state index in [1.807, 2.05) is 24.3 Å². The monoisotopic (exact) mass is 276 g/mol. The molecule has 0 bridgehead atoms. The van der Waals surface area contributed by atoms with E-state index in [1.54, 1.807) is 11.3 Å². The number of benzene rings is 1. The van der Waals surface area contributed by atoms with Gasteiger partial charge in [-0.3, -0.25) is 4.79 Å². The third kappa shape index (κ3) is 4.73. The van der Waals surface area contributed by atoms with Crippen LogP contribution in [0.3, 0.4) is 0 Å². The van der Waals surface area contributed by atoms with Crippen LogP contribution in [0.2, 0.25) is 0 Å². The first-order chi connectivity index (χ1) is 9.24. The van der Waals surface area contributed by atoms with Crippen LogP contribution >= 0.6 is 11.3 Å². The van der Waals surface area contributed by atoms with Gasteiger partial charge in [0.2, 0.25) is 0 Å². The fourth-order valence-electron chi connectivity index (χ4n) is 1.60. The molecule has 1 heterocycles. The molecule has 1 aromatic carbocycles. The molecule has 0 saturated heterocycles. The van der Waals surface area contributed by atoms with Gasteiger partial charge in [0.05, 0.1) is 0 Å². The van der Waals surface area contributed by atoms with Crippen LogP contribution in [0.1, 0.15) is 11.1 Å². The van der Waals surface area contributed by atoms with Crippen LogP contribution < -0.4 is 15.8 Å². The van der Waals surface area contributed by atoms with E-state index in [0.717, 1.165) is 13.1 Å². The molecule has 2 aromatic rings. The van der Waals surface area contributed by atoms with Crippen molar-refractivity contribution in [2.45, 2.75) is 13.1 Å². The number of amides is 1. The van der Waals surface area contributed by atoms with Crippen molar-refractivity contribution in [1.29, 1.82) is 0 Å². The molecule has 3 N–H and O–H groups in total. The summed E-state index contributed by atoms with van der Waals surface area (Å²) < 4.78 is 5.19. The zero-order valence-corrected chi connectivity index (χ0v) is 11.3. The van der Waals surface area contributed by atoms with E-state index in [0.29, 0.717) is 5.75 Å². The smallest absolute Gasteiger partial charge is 0.255 e. The third-order valence-corrected chi connectivity index (χ3v) is 3.27. The lowest BCUT2D eigenvalue weighted by molar-refractivity contribution is -0.119. The van der Waals surface area contributed by atoms with Gasteiger partial charge in [-0.2, -0.15) is 11.3 Å². The van der Waals surface area contributed by atoms with Crippen molar-refractivity contribution in [3.8, 4) is 5.75 Å². The van der Waals surface area contributed by atoms with Crippen molar-refractivity contribution in [3.63, 3.8) is 0 Å². The first-order valence-electron chi connectivity index (χ1n) is 5.96. The van der Waals surface area contributed by atoms with Gasteiger partial charge in [0, 0.05) is 13.1 Å². The maximum atomic E-state index is 10.6. The van der Waals surface area contributed by atoms with Gasteiger partial charge >= 0.3 is 0 Å². The van der Waals surface area contributed by atoms with E-state index in [-0.39, 0.29) is 6.61 Å². The van der Waals surface area contributed by atoms with Gasteiger partial charge in [0.1, 0.15) is 5.75 Å². The number of hydrogen-bond acceptors (Lipinski definition) is 4. The van der Waals surface area contributed by atoms with Gasteiger partial charge in [0.25, 0.3) is 5.91 Å². The first-order valence-corrected chi connectivity index (χ1v) is 6.90. The van der Waals surface area contributed by atoms with Crippen LogP contribution in [0.5, 0.6) is 5.75 Å². The Kier molecular flexibility index (Phi) is 4.94. The quantitative estimate of drug-likeness (QED) is 0.812. The summed E-state index contributed by atoms with van der Waals surface area (Å²) in [5.74, 6) is 0.182. The average Bonchev–Trinajstić information content (AvgIpc) is 2.91. The van der Waals surface area contributed by atoms with Crippen molar-refractivity contribution in [3.05, 3.63) is 52.2 Å². The molecule has 0 aliphatic carbocycles. The molecule has 0 aliphatic rings. The minimum Gasteiger partial charge on any atom is -0.484 e. The predicted molar refractivity (Wildman–Crippen MR) is 76.0 cm³/mol. The van der Waals surface area contributed by atoms with E-state index < -0.39 is 5.91 Å². The molecule has 0 spiro atoms. The molecular weight excluding hydrogens is 260 g/mol. The van der Waals surface area contributed by atoms with Crippen molar-refractivity contribution in [2.75, 3.05) is 6.61 Å². The lowest BCUT2D eigenvalue weighted by Crippen LogP contribution is -2.20. The fraction of sp³-hybridized carbons (Fsp3) is 0.214. The Morgan fingerprint density at radius 1 is 1.16 bits per heavy atom. The highest BCUT2D eigenvalue weighted by Crippen LogP contribution is 2.12. The van der Waals surface area contributed by atoms with Gasteiger partial charge in [0.15, 0.2) is 6.61 Å². The van der Waals surface area contributed by atoms with E-state index in [9.17, 15) is 4.79 Å². The Morgan fingerprint density at radius 3 is 2.53 bits per heavy atom. The summed E-state index contributed by atoms with van der Waals surface area (Å²) in [4.78, 5) is 10.6. The standard InChI is InChI=1S/C14H16N2O2S/c15-14(17)9-18-13-3-1-11(2-4-13)7-16-8-12-5-6-19-10-12/h1-6,10,16H,7-9H2,(H2,15,17). The van der Waals surface area contributed by atoms with E-state index in [2.05, 4.69) is 22.1 Å². The summed E-state index contributed by atoms with van der Waals surface area (Å²) in [6.07, 6.45) is 0. The fourth-order valence-corrected chi connectivity index (χ4v) is 2.27. The molecule has 5 heteroatoms. The molecule has 0 unspecified atom stereocenters. The Hall–Kier alpha value is -1.85. The molecule has 0 fully saturated rings. The molecule has 0 saturated carbocycles. The maximum Gasteiger partial charge on any atom is 0.255 e. The molecular formula is C14H16N2O2S. The van der Waals surface area contributed by atoms with Crippen LogP contribution in [-0.4, -0.2) is 12.5 Å². The van der Waals surface area contributed by atoms with E-state index >= 15 is 0 Å². The van der Waals surface area contributed by atoms with Crippen LogP contribution in [-0.2, 0) is 17.9 Å². The minimum atomic E-state index is -0.471. The van der Waals surface area contributed by atoms with Crippen LogP contribution in [0, 0.1) is 0 Å². The molecule has 2 rings (SSSR count). The van der Waals surface area contributed by atoms with Gasteiger partial charge < -0.3 is 15.8 Å². The molecule has 0 atom stereocenters. The lowest BCUT2D eigenvalue weighted by Gasteiger charge is -2.06. The van der Waals surface area contributed by atoms with E-state index in [1.165, 1.54) is 11.1 Å². The number of primary amides is 1. The SMILES string of the molecule is NC(=O)COc1ccc(CNCc2ccsc2)cc1. The van der Waals surface area contributed by atoms with Crippen molar-refractivity contribution in [1.82, 2.24) is 5.32 Å². The molecule has 19 heavy (non-hydrogen) atoms. The second kappa shape index (κ2) is 6.92. The Morgan fingerprint density at radius 2 is 1.89 bits per heavy atom. The minimum absolute atomic E-state index is 0.0875. The summed E-state index contributed by atoms with van der Waals surface area (Å²) in [5, 5.41) is 7.57. The molecule has 100 valence electrons. The maximum absolute atomic E-state index is 10.6. The Balaban J connectivity index is 1.76. The van der Waals surface area contributed by atoms with Gasteiger partial charge in [-0.05, 0) is 40.1 Å². The Bertz CT molecular complexity index is 509. The molecule has 1 aromatic heterocycles. The highest BCUT2D eigenvalue weighted by atomic mass is 32.1. The predicted octanol–water partition coefficient (Wildman–Crippen LogP) is 1.90. The van der Waals surface area contributed by atoms with Crippen molar-refractivity contribution in [2.24, 2.45) is 5.73 Å². The summed E-state index contributed by atoms with van der Waals surface area (Å²) in [6.45, 7) is 1.57. The summed E-state index contributed by atoms with van der Waals surface area (Å²) >= 11 is 1.70. The summed E-state index contributed by atoms with van der Waals surface area (Å²) in [5.41, 5.74) is 7.48. The van der Waals surface area contributed by atoms with Crippen molar-refractivity contribution < 1.29 is 9.53 Å². The number of thiophene rings is 1. The van der Waals surface area contributed by atoms with Crippen LogP contribution in [0.4, 0.5) is 0 Å². The summed E-state index contributed by atoms with van der Waals surface area (Å²) in [7, 11) is 0. The zero-order valence-electron chi connectivity index (χ0n) is 10.5.